The Kier molecular flexibility index (Phi) is 3.69. The maximum absolute atomic E-state index is 13.5. The topological polar surface area (TPSA) is 103 Å². The Morgan fingerprint density at radius 3 is 2.75 bits per heavy atom. The number of amides is 1. The highest BCUT2D eigenvalue weighted by atomic mass is 19.1. The molecule has 6 nitrogen and oxygen atoms in total. The van der Waals surface area contributed by atoms with E-state index in [0.29, 0.717) is 0 Å². The smallest absolute Gasteiger partial charge is 0.338 e. The van der Waals surface area contributed by atoms with Gasteiger partial charge in [-0.15, -0.1) is 0 Å². The molecule has 0 unspecified atom stereocenters. The van der Waals surface area contributed by atoms with Gasteiger partial charge in [0.1, 0.15) is 35.8 Å². The van der Waals surface area contributed by atoms with Crippen molar-refractivity contribution in [2.45, 2.75) is 6.61 Å². The standard InChI is InChI=1S/C13H10FNO5/c14-9-2-1-3-10(11(9)12(15)16)20-6-8-4-7(5-19-8)13(17)18/h1-5H,6H2,(H2,15,16)(H,17,18). The van der Waals surface area contributed by atoms with E-state index in [-0.39, 0.29) is 29.2 Å². The molecule has 0 aliphatic heterocycles. The Morgan fingerprint density at radius 2 is 2.15 bits per heavy atom. The summed E-state index contributed by atoms with van der Waals surface area (Å²) in [6.45, 7) is -0.156. The third-order valence-corrected chi connectivity index (χ3v) is 2.49. The molecule has 0 radical (unpaired) electrons. The predicted octanol–water partition coefficient (Wildman–Crippen LogP) is 1.79. The van der Waals surface area contributed by atoms with Crippen molar-refractivity contribution < 1.29 is 28.2 Å². The summed E-state index contributed by atoms with van der Waals surface area (Å²) < 4.78 is 23.6. The first-order chi connectivity index (χ1) is 9.49. The molecule has 2 aromatic rings. The van der Waals surface area contributed by atoms with Crippen LogP contribution in [0.5, 0.6) is 5.75 Å². The van der Waals surface area contributed by atoms with Crippen molar-refractivity contribution in [2.75, 3.05) is 0 Å². The number of rotatable bonds is 5. The van der Waals surface area contributed by atoms with Crippen molar-refractivity contribution in [1.29, 1.82) is 0 Å². The van der Waals surface area contributed by atoms with Gasteiger partial charge in [0.25, 0.3) is 5.91 Å². The van der Waals surface area contributed by atoms with Crippen LogP contribution in [0.3, 0.4) is 0 Å². The Morgan fingerprint density at radius 1 is 1.40 bits per heavy atom. The lowest BCUT2D eigenvalue weighted by atomic mass is 10.2. The minimum atomic E-state index is -1.14. The third-order valence-electron chi connectivity index (χ3n) is 2.49. The van der Waals surface area contributed by atoms with Gasteiger partial charge in [-0.05, 0) is 18.2 Å². The number of primary amides is 1. The normalized spacial score (nSPS) is 10.2. The molecule has 7 heteroatoms. The molecule has 1 amide bonds. The third kappa shape index (κ3) is 2.77. The molecule has 104 valence electrons. The Balaban J connectivity index is 2.16. The van der Waals surface area contributed by atoms with E-state index >= 15 is 0 Å². The van der Waals surface area contributed by atoms with E-state index in [1.165, 1.54) is 18.2 Å². The summed E-state index contributed by atoms with van der Waals surface area (Å²) in [5, 5.41) is 8.73. The maximum atomic E-state index is 13.5. The van der Waals surface area contributed by atoms with Gasteiger partial charge in [-0.25, -0.2) is 9.18 Å². The lowest BCUT2D eigenvalue weighted by Gasteiger charge is -2.08. The average Bonchev–Trinajstić information content (AvgIpc) is 2.84. The number of halogens is 1. The molecule has 3 N–H and O–H groups in total. The number of ether oxygens (including phenoxy) is 1. The van der Waals surface area contributed by atoms with Crippen LogP contribution < -0.4 is 10.5 Å². The Hall–Kier alpha value is -2.83. The van der Waals surface area contributed by atoms with Gasteiger partial charge in [0.2, 0.25) is 0 Å². The van der Waals surface area contributed by atoms with Crippen LogP contribution >= 0.6 is 0 Å². The summed E-state index contributed by atoms with van der Waals surface area (Å²) in [6.07, 6.45) is 1.06. The maximum Gasteiger partial charge on any atom is 0.338 e. The largest absolute Gasteiger partial charge is 0.485 e. The van der Waals surface area contributed by atoms with E-state index < -0.39 is 17.7 Å². The molecule has 0 bridgehead atoms. The highest BCUT2D eigenvalue weighted by Crippen LogP contribution is 2.22. The number of nitrogens with two attached hydrogens (primary N) is 1. The number of furan rings is 1. The molecule has 20 heavy (non-hydrogen) atoms. The highest BCUT2D eigenvalue weighted by Gasteiger charge is 2.16. The van der Waals surface area contributed by atoms with Crippen LogP contribution in [0, 0.1) is 5.82 Å². The zero-order chi connectivity index (χ0) is 14.7. The van der Waals surface area contributed by atoms with Crippen molar-refractivity contribution in [1.82, 2.24) is 0 Å². The zero-order valence-corrected chi connectivity index (χ0v) is 10.1. The van der Waals surface area contributed by atoms with Gasteiger partial charge in [0, 0.05) is 0 Å². The summed E-state index contributed by atoms with van der Waals surface area (Å²) in [7, 11) is 0. The van der Waals surface area contributed by atoms with Gasteiger partial charge in [-0.1, -0.05) is 6.07 Å². The van der Waals surface area contributed by atoms with Gasteiger partial charge >= 0.3 is 5.97 Å². The first-order valence-electron chi connectivity index (χ1n) is 5.51. The number of aromatic carboxylic acids is 1. The number of carboxylic acid groups (broad SMARTS) is 1. The quantitative estimate of drug-likeness (QED) is 0.868. The van der Waals surface area contributed by atoms with E-state index in [2.05, 4.69) is 0 Å². The molecule has 1 aromatic carbocycles. The molecule has 0 fully saturated rings. The highest BCUT2D eigenvalue weighted by molar-refractivity contribution is 5.95. The molecular weight excluding hydrogens is 269 g/mol. The number of hydrogen-bond acceptors (Lipinski definition) is 4. The Bertz CT molecular complexity index is 665. The van der Waals surface area contributed by atoms with Crippen molar-refractivity contribution in [3.8, 4) is 5.75 Å². The van der Waals surface area contributed by atoms with E-state index in [4.69, 9.17) is 20.0 Å². The summed E-state index contributed by atoms with van der Waals surface area (Å²) >= 11 is 0. The van der Waals surface area contributed by atoms with Gasteiger partial charge in [-0.2, -0.15) is 0 Å². The van der Waals surface area contributed by atoms with Crippen LogP contribution in [-0.4, -0.2) is 17.0 Å². The minimum Gasteiger partial charge on any atom is -0.485 e. The predicted molar refractivity (Wildman–Crippen MR) is 64.9 cm³/mol. The van der Waals surface area contributed by atoms with E-state index in [9.17, 15) is 14.0 Å². The molecule has 0 atom stereocenters. The fourth-order valence-electron chi connectivity index (χ4n) is 1.58. The van der Waals surface area contributed by atoms with Crippen molar-refractivity contribution in [3.05, 3.63) is 53.2 Å². The van der Waals surface area contributed by atoms with E-state index in [0.717, 1.165) is 12.3 Å². The fraction of sp³-hybridized carbons (Fsp3) is 0.0769. The second kappa shape index (κ2) is 5.43. The van der Waals surface area contributed by atoms with E-state index in [1.807, 2.05) is 0 Å². The average molecular weight is 279 g/mol. The first-order valence-corrected chi connectivity index (χ1v) is 5.51. The molecule has 0 aliphatic rings. The van der Waals surface area contributed by atoms with Gasteiger partial charge in [-0.3, -0.25) is 4.79 Å². The molecule has 0 saturated heterocycles. The monoisotopic (exact) mass is 279 g/mol. The van der Waals surface area contributed by atoms with Crippen LogP contribution in [0.4, 0.5) is 4.39 Å². The van der Waals surface area contributed by atoms with Gasteiger partial charge < -0.3 is 20.0 Å². The number of carboxylic acids is 1. The van der Waals surface area contributed by atoms with Crippen molar-refractivity contribution in [2.24, 2.45) is 5.73 Å². The molecule has 2 rings (SSSR count). The van der Waals surface area contributed by atoms with Crippen LogP contribution in [0.1, 0.15) is 26.5 Å². The second-order valence-corrected chi connectivity index (χ2v) is 3.87. The van der Waals surface area contributed by atoms with Crippen LogP contribution in [0.15, 0.2) is 34.9 Å². The van der Waals surface area contributed by atoms with Gasteiger partial charge in [0.05, 0.1) is 5.56 Å². The first kappa shape index (κ1) is 13.6. The molecule has 0 aliphatic carbocycles. The number of benzene rings is 1. The van der Waals surface area contributed by atoms with Gasteiger partial charge in [0.15, 0.2) is 0 Å². The van der Waals surface area contributed by atoms with Crippen LogP contribution in [0.25, 0.3) is 0 Å². The summed E-state index contributed by atoms with van der Waals surface area (Å²) in [5.41, 5.74) is 4.68. The number of carbonyl (C=O) groups excluding carboxylic acids is 1. The summed E-state index contributed by atoms with van der Waals surface area (Å²) in [6, 6.07) is 5.10. The minimum absolute atomic E-state index is 0.0297. The lowest BCUT2D eigenvalue weighted by Crippen LogP contribution is -2.15. The van der Waals surface area contributed by atoms with Crippen molar-refractivity contribution in [3.63, 3.8) is 0 Å². The van der Waals surface area contributed by atoms with Crippen LogP contribution in [0.2, 0.25) is 0 Å². The van der Waals surface area contributed by atoms with E-state index in [1.54, 1.807) is 0 Å². The molecule has 0 spiro atoms. The lowest BCUT2D eigenvalue weighted by molar-refractivity contribution is 0.0696. The summed E-state index contributed by atoms with van der Waals surface area (Å²) in [5.74, 6) is -2.69. The molecule has 1 aromatic heterocycles. The second-order valence-electron chi connectivity index (χ2n) is 3.87. The number of hydrogen-bond donors (Lipinski definition) is 2. The fourth-order valence-corrected chi connectivity index (χ4v) is 1.58. The number of carbonyl (C=O) groups is 2. The SMILES string of the molecule is NC(=O)c1c(F)cccc1OCc1cc(C(=O)O)co1. The Labute approximate surface area is 112 Å². The molecule has 1 heterocycles. The molecule has 0 saturated carbocycles. The van der Waals surface area contributed by atoms with Crippen LogP contribution in [-0.2, 0) is 6.61 Å². The summed E-state index contributed by atoms with van der Waals surface area (Å²) in [4.78, 5) is 21.8. The zero-order valence-electron chi connectivity index (χ0n) is 10.1. The van der Waals surface area contributed by atoms with Crippen molar-refractivity contribution >= 4 is 11.9 Å². The molecular formula is C13H10FNO5.